The number of rotatable bonds is 6. The predicted molar refractivity (Wildman–Crippen MR) is 159 cm³/mol. The lowest BCUT2D eigenvalue weighted by atomic mass is 9.76. The van der Waals surface area contributed by atoms with Gasteiger partial charge < -0.3 is 15.1 Å². The number of anilines is 2. The molecule has 10 heteroatoms. The number of nitrogens with one attached hydrogen (secondary N) is 1. The van der Waals surface area contributed by atoms with Crippen LogP contribution in [-0.2, 0) is 4.79 Å². The Balaban J connectivity index is 1.30. The van der Waals surface area contributed by atoms with E-state index in [2.05, 4.69) is 45.5 Å². The first-order valence-electron chi connectivity index (χ1n) is 14.4. The van der Waals surface area contributed by atoms with E-state index in [1.807, 2.05) is 0 Å². The van der Waals surface area contributed by atoms with Crippen LogP contribution >= 0.6 is 21.9 Å². The number of nitrogens with zero attached hydrogens (tertiary/aromatic N) is 4. The van der Waals surface area contributed by atoms with Gasteiger partial charge in [0.05, 0.1) is 28.1 Å². The summed E-state index contributed by atoms with van der Waals surface area (Å²) < 4.78 is 20.0. The zero-order chi connectivity index (χ0) is 27.0. The van der Waals surface area contributed by atoms with Crippen molar-refractivity contribution >= 4 is 38.7 Å². The van der Waals surface area contributed by atoms with E-state index in [-0.39, 0.29) is 17.7 Å². The van der Waals surface area contributed by atoms with Gasteiger partial charge in [0.25, 0.3) is 0 Å². The second-order valence-electron chi connectivity index (χ2n) is 11.7. The third-order valence-corrected chi connectivity index (χ3v) is 11.8. The van der Waals surface area contributed by atoms with Gasteiger partial charge in [0.15, 0.2) is 5.13 Å². The van der Waals surface area contributed by atoms with Crippen molar-refractivity contribution in [2.75, 3.05) is 47.5 Å². The highest BCUT2D eigenvalue weighted by Crippen LogP contribution is 2.47. The Bertz CT molecular complexity index is 1220. The van der Waals surface area contributed by atoms with Gasteiger partial charge in [-0.25, -0.2) is 4.98 Å². The Morgan fingerprint density at radius 1 is 1.00 bits per heavy atom. The molecule has 2 aliphatic carbocycles. The van der Waals surface area contributed by atoms with E-state index in [9.17, 15) is 19.2 Å². The van der Waals surface area contributed by atoms with Crippen LogP contribution in [0, 0.1) is 17.2 Å². The zero-order valence-electron chi connectivity index (χ0n) is 22.5. The smallest absolute Gasteiger partial charge is 0.225 e. The van der Waals surface area contributed by atoms with Gasteiger partial charge in [-0.1, -0.05) is 36.3 Å². The van der Waals surface area contributed by atoms with Crippen molar-refractivity contribution in [1.82, 2.24) is 10.3 Å². The molecule has 2 atom stereocenters. The van der Waals surface area contributed by atoms with Gasteiger partial charge in [0.2, 0.25) is 5.91 Å². The van der Waals surface area contributed by atoms with E-state index in [1.54, 1.807) is 11.3 Å². The molecule has 8 nitrogen and oxygen atoms in total. The lowest BCUT2D eigenvalue weighted by Crippen LogP contribution is -2.42. The molecule has 1 amide bonds. The van der Waals surface area contributed by atoms with Gasteiger partial charge in [-0.15, -0.1) is 0 Å². The summed E-state index contributed by atoms with van der Waals surface area (Å²) >= 11 is 1.75. The highest BCUT2D eigenvalue weighted by molar-refractivity contribution is 8.24. The fraction of sp³-hybridized carbons (Fsp3) is 0.621. The first-order valence-corrected chi connectivity index (χ1v) is 17.1. The molecule has 39 heavy (non-hydrogen) atoms. The maximum absolute atomic E-state index is 13.5. The fourth-order valence-corrected chi connectivity index (χ4v) is 8.72. The summed E-state index contributed by atoms with van der Waals surface area (Å²) in [5.74, 6) is 0.747. The van der Waals surface area contributed by atoms with Crippen LogP contribution in [-0.4, -0.2) is 63.2 Å². The Labute approximate surface area is 236 Å². The summed E-state index contributed by atoms with van der Waals surface area (Å²) in [5, 5.41) is 13.7. The summed E-state index contributed by atoms with van der Waals surface area (Å²) in [4.78, 5) is 24.5. The number of thiazole rings is 1. The van der Waals surface area contributed by atoms with Crippen molar-refractivity contribution in [3.05, 3.63) is 30.0 Å². The molecule has 2 saturated heterocycles. The Hall–Kier alpha value is -2.32. The SMILES string of the molecule is N#CC1(NC(=O)[C@@H]2CCCC[C@H]2c2nc(N3CCCCC3)sc2-c2ccc(N3CCS(O)(O)CC3)cc2)CC1. The molecule has 210 valence electrons. The molecule has 3 heterocycles. The van der Waals surface area contributed by atoms with Crippen LogP contribution in [0.15, 0.2) is 24.3 Å². The molecule has 0 spiro atoms. The molecular weight excluding hydrogens is 530 g/mol. The van der Waals surface area contributed by atoms with E-state index < -0.39 is 16.1 Å². The van der Waals surface area contributed by atoms with E-state index in [1.165, 1.54) is 19.3 Å². The largest absolute Gasteiger partial charge is 0.368 e. The molecule has 4 aliphatic rings. The van der Waals surface area contributed by atoms with Crippen LogP contribution in [0.1, 0.15) is 69.4 Å². The molecule has 2 saturated carbocycles. The molecule has 2 aromatic rings. The average Bonchev–Trinajstić information content (AvgIpc) is 3.60. The first kappa shape index (κ1) is 26.9. The number of hydrogen-bond acceptors (Lipinski definition) is 8. The predicted octanol–water partition coefficient (Wildman–Crippen LogP) is 5.82. The van der Waals surface area contributed by atoms with Crippen molar-refractivity contribution < 1.29 is 13.9 Å². The standard InChI is InChI=1S/C29H39N5O3S2/c30-20-29(12-13-29)32-27(35)24-7-3-2-6-23(24)25-26(38-28(31-25)34-14-4-1-5-15-34)21-8-10-22(11-9-21)33-16-18-39(36,37)19-17-33/h8-11,23-24,36-37H,1-7,12-19H2,(H,32,35)/t23-,24-/m1/s1. The number of piperidine rings is 1. The molecule has 1 aromatic heterocycles. The molecule has 1 aromatic carbocycles. The van der Waals surface area contributed by atoms with Crippen LogP contribution in [0.5, 0.6) is 0 Å². The quantitative estimate of drug-likeness (QED) is 0.402. The lowest BCUT2D eigenvalue weighted by Gasteiger charge is -2.41. The molecular formula is C29H39N5O3S2. The topological polar surface area (TPSA) is 113 Å². The number of carbonyl (C=O) groups is 1. The number of nitriles is 1. The molecule has 4 fully saturated rings. The van der Waals surface area contributed by atoms with Crippen LogP contribution in [0.3, 0.4) is 0 Å². The van der Waals surface area contributed by atoms with Crippen LogP contribution in [0.4, 0.5) is 10.8 Å². The van der Waals surface area contributed by atoms with Gasteiger partial charge >= 0.3 is 0 Å². The van der Waals surface area contributed by atoms with Crippen molar-refractivity contribution in [2.45, 2.75) is 69.2 Å². The van der Waals surface area contributed by atoms with E-state index in [0.29, 0.717) is 24.6 Å². The maximum Gasteiger partial charge on any atom is 0.225 e. The summed E-state index contributed by atoms with van der Waals surface area (Å²) in [6, 6.07) is 10.9. The van der Waals surface area contributed by atoms with Crippen molar-refractivity contribution in [1.29, 1.82) is 5.26 Å². The van der Waals surface area contributed by atoms with Crippen LogP contribution in [0.25, 0.3) is 10.4 Å². The van der Waals surface area contributed by atoms with E-state index >= 15 is 0 Å². The highest BCUT2D eigenvalue weighted by Gasteiger charge is 2.47. The zero-order valence-corrected chi connectivity index (χ0v) is 24.1. The Kier molecular flexibility index (Phi) is 7.53. The van der Waals surface area contributed by atoms with Gasteiger partial charge in [0, 0.05) is 43.7 Å². The van der Waals surface area contributed by atoms with Crippen LogP contribution in [0.2, 0.25) is 0 Å². The molecule has 0 unspecified atom stereocenters. The molecule has 2 aliphatic heterocycles. The number of amides is 1. The monoisotopic (exact) mass is 569 g/mol. The summed E-state index contributed by atoms with van der Waals surface area (Å²) in [5.41, 5.74) is 2.61. The third-order valence-electron chi connectivity index (χ3n) is 8.92. The summed E-state index contributed by atoms with van der Waals surface area (Å²) in [6.07, 6.45) is 9.01. The summed E-state index contributed by atoms with van der Waals surface area (Å²) in [6.45, 7) is 3.35. The number of hydrogen-bond donors (Lipinski definition) is 3. The normalized spacial score (nSPS) is 26.9. The van der Waals surface area contributed by atoms with Gasteiger partial charge in [0.1, 0.15) is 5.54 Å². The van der Waals surface area contributed by atoms with Crippen molar-refractivity contribution in [3.8, 4) is 16.5 Å². The number of benzene rings is 1. The average molecular weight is 570 g/mol. The van der Waals surface area contributed by atoms with Gasteiger partial charge in [-0.05, 0) is 62.6 Å². The molecule has 0 radical (unpaired) electrons. The van der Waals surface area contributed by atoms with E-state index in [0.717, 1.165) is 78.6 Å². The van der Waals surface area contributed by atoms with Gasteiger partial charge in [-0.3, -0.25) is 13.9 Å². The lowest BCUT2D eigenvalue weighted by molar-refractivity contribution is -0.127. The minimum atomic E-state index is -2.43. The van der Waals surface area contributed by atoms with Crippen LogP contribution < -0.4 is 15.1 Å². The third kappa shape index (κ3) is 5.78. The minimum absolute atomic E-state index is 0.0173. The second-order valence-corrected chi connectivity index (χ2v) is 15.1. The molecule has 0 bridgehead atoms. The fourth-order valence-electron chi connectivity index (χ4n) is 6.30. The number of aromatic nitrogens is 1. The second kappa shape index (κ2) is 10.9. The first-order chi connectivity index (χ1) is 18.9. The van der Waals surface area contributed by atoms with Gasteiger partial charge in [-0.2, -0.15) is 15.9 Å². The summed E-state index contributed by atoms with van der Waals surface area (Å²) in [7, 11) is -2.43. The highest BCUT2D eigenvalue weighted by atomic mass is 32.3. The number of carbonyl (C=O) groups excluding carboxylic acids is 1. The van der Waals surface area contributed by atoms with Crippen molar-refractivity contribution in [2.24, 2.45) is 5.92 Å². The molecule has 6 rings (SSSR count). The minimum Gasteiger partial charge on any atom is -0.368 e. The van der Waals surface area contributed by atoms with E-state index in [4.69, 9.17) is 4.98 Å². The van der Waals surface area contributed by atoms with Crippen molar-refractivity contribution in [3.63, 3.8) is 0 Å². The Morgan fingerprint density at radius 3 is 2.36 bits per heavy atom. The Morgan fingerprint density at radius 2 is 1.69 bits per heavy atom. The molecule has 3 N–H and O–H groups in total. The maximum atomic E-state index is 13.5.